The first-order valence-corrected chi connectivity index (χ1v) is 8.05. The van der Waals surface area contributed by atoms with Crippen LogP contribution in [0.3, 0.4) is 0 Å². The van der Waals surface area contributed by atoms with Gasteiger partial charge in [0.05, 0.1) is 15.5 Å². The number of carbonyl (C=O) groups is 1. The molecule has 0 saturated carbocycles. The highest BCUT2D eigenvalue weighted by atomic mass is 35.5. The molecule has 8 heteroatoms. The quantitative estimate of drug-likeness (QED) is 0.543. The Morgan fingerprint density at radius 2 is 1.96 bits per heavy atom. The van der Waals surface area contributed by atoms with E-state index < -0.39 is 10.8 Å². The fourth-order valence-corrected chi connectivity index (χ4v) is 2.91. The lowest BCUT2D eigenvalue weighted by Crippen LogP contribution is -2.12. The number of nitrogens with one attached hydrogen (secondary N) is 1. The summed E-state index contributed by atoms with van der Waals surface area (Å²) < 4.78 is 0. The fourth-order valence-electron chi connectivity index (χ4n) is 2.06. The van der Waals surface area contributed by atoms with Crippen molar-refractivity contribution in [3.63, 3.8) is 0 Å². The van der Waals surface area contributed by atoms with Crippen molar-refractivity contribution in [2.75, 3.05) is 5.32 Å². The Labute approximate surface area is 145 Å². The molecule has 0 aliphatic heterocycles. The zero-order chi connectivity index (χ0) is 17.1. The summed E-state index contributed by atoms with van der Waals surface area (Å²) in [5.41, 5.74) is 1.36. The van der Waals surface area contributed by atoms with Crippen LogP contribution in [-0.4, -0.2) is 15.8 Å². The number of rotatable bonds is 4. The predicted molar refractivity (Wildman–Crippen MR) is 93.6 cm³/mol. The molecule has 0 bridgehead atoms. The molecule has 1 amide bonds. The second kappa shape index (κ2) is 6.77. The van der Waals surface area contributed by atoms with Gasteiger partial charge in [-0.15, -0.1) is 11.3 Å². The van der Waals surface area contributed by atoms with Gasteiger partial charge in [-0.2, -0.15) is 0 Å². The summed E-state index contributed by atoms with van der Waals surface area (Å²) in [6.45, 7) is 0. The third kappa shape index (κ3) is 3.42. The van der Waals surface area contributed by atoms with E-state index >= 15 is 0 Å². The molecule has 0 radical (unpaired) electrons. The Bertz CT molecular complexity index is 895. The highest BCUT2D eigenvalue weighted by Gasteiger charge is 2.16. The molecule has 1 aromatic heterocycles. The first-order chi connectivity index (χ1) is 11.5. The number of amides is 1. The van der Waals surface area contributed by atoms with Crippen molar-refractivity contribution in [2.24, 2.45) is 0 Å². The van der Waals surface area contributed by atoms with Gasteiger partial charge < -0.3 is 5.32 Å². The fraction of sp³-hybridized carbons (Fsp3) is 0. The van der Waals surface area contributed by atoms with Gasteiger partial charge in [-0.1, -0.05) is 11.6 Å². The Morgan fingerprint density at radius 3 is 2.58 bits per heavy atom. The molecule has 0 aliphatic carbocycles. The van der Waals surface area contributed by atoms with Crippen molar-refractivity contribution in [3.8, 4) is 10.6 Å². The summed E-state index contributed by atoms with van der Waals surface area (Å²) in [5.74, 6) is -0.509. The topological polar surface area (TPSA) is 85.1 Å². The molecule has 1 N–H and O–H groups in total. The minimum Gasteiger partial charge on any atom is -0.322 e. The summed E-state index contributed by atoms with van der Waals surface area (Å²) in [6, 6.07) is 10.9. The lowest BCUT2D eigenvalue weighted by molar-refractivity contribution is -0.384. The van der Waals surface area contributed by atoms with Gasteiger partial charge >= 0.3 is 0 Å². The molecule has 24 heavy (non-hydrogen) atoms. The van der Waals surface area contributed by atoms with E-state index in [1.54, 1.807) is 18.3 Å². The van der Waals surface area contributed by atoms with E-state index in [2.05, 4.69) is 10.3 Å². The number of hydrogen-bond donors (Lipinski definition) is 1. The van der Waals surface area contributed by atoms with Crippen molar-refractivity contribution < 1.29 is 9.72 Å². The van der Waals surface area contributed by atoms with Crippen molar-refractivity contribution in [1.29, 1.82) is 0 Å². The van der Waals surface area contributed by atoms with Crippen LogP contribution in [0.25, 0.3) is 10.6 Å². The first-order valence-electron chi connectivity index (χ1n) is 6.80. The number of non-ortho nitro benzene ring substituents is 1. The number of hydrogen-bond acceptors (Lipinski definition) is 5. The predicted octanol–water partition coefficient (Wildman–Crippen LogP) is 4.62. The number of nitro benzene ring substituents is 1. The van der Waals surface area contributed by atoms with Gasteiger partial charge in [0.15, 0.2) is 0 Å². The van der Waals surface area contributed by atoms with Crippen LogP contribution in [0.1, 0.15) is 10.4 Å². The van der Waals surface area contributed by atoms with E-state index in [9.17, 15) is 14.9 Å². The molecule has 6 nitrogen and oxygen atoms in total. The standard InChI is InChI=1S/C16H10ClN3O3S/c17-14-6-5-12(20(22)23)9-13(14)15(21)19-11-3-1-10(2-4-11)16-18-7-8-24-16/h1-9H,(H,19,21). The third-order valence-corrected chi connectivity index (χ3v) is 4.38. The average molecular weight is 360 g/mol. The number of carbonyl (C=O) groups excluding carboxylic acids is 1. The van der Waals surface area contributed by atoms with Crippen LogP contribution in [0.15, 0.2) is 54.0 Å². The second-order valence-electron chi connectivity index (χ2n) is 4.79. The lowest BCUT2D eigenvalue weighted by atomic mass is 10.1. The van der Waals surface area contributed by atoms with Crippen LogP contribution >= 0.6 is 22.9 Å². The summed E-state index contributed by atoms with van der Waals surface area (Å²) in [7, 11) is 0. The third-order valence-electron chi connectivity index (χ3n) is 3.23. The molecule has 120 valence electrons. The maximum absolute atomic E-state index is 12.3. The molecule has 2 aromatic carbocycles. The van der Waals surface area contributed by atoms with Crippen LogP contribution in [0, 0.1) is 10.1 Å². The van der Waals surface area contributed by atoms with Gasteiger partial charge in [-0.3, -0.25) is 14.9 Å². The second-order valence-corrected chi connectivity index (χ2v) is 6.09. The monoisotopic (exact) mass is 359 g/mol. The highest BCUT2D eigenvalue weighted by Crippen LogP contribution is 2.25. The minimum absolute atomic E-state index is 0.0508. The van der Waals surface area contributed by atoms with Crippen LogP contribution < -0.4 is 5.32 Å². The largest absolute Gasteiger partial charge is 0.322 e. The Kier molecular flexibility index (Phi) is 4.54. The van der Waals surface area contributed by atoms with E-state index in [1.165, 1.54) is 23.5 Å². The number of thiazole rings is 1. The van der Waals surface area contributed by atoms with E-state index in [0.29, 0.717) is 5.69 Å². The smallest absolute Gasteiger partial charge is 0.270 e. The van der Waals surface area contributed by atoms with Gasteiger partial charge in [0.2, 0.25) is 0 Å². The van der Waals surface area contributed by atoms with Crippen molar-refractivity contribution in [2.45, 2.75) is 0 Å². The molecule has 0 aliphatic rings. The molecule has 0 atom stereocenters. The number of aromatic nitrogens is 1. The number of benzene rings is 2. The molecular formula is C16H10ClN3O3S. The number of anilines is 1. The molecule has 0 spiro atoms. The number of halogens is 1. The first kappa shape index (κ1) is 16.1. The number of nitrogens with zero attached hydrogens (tertiary/aromatic N) is 2. The van der Waals surface area contributed by atoms with Crippen LogP contribution in [0.2, 0.25) is 5.02 Å². The summed E-state index contributed by atoms with van der Waals surface area (Å²) >= 11 is 7.48. The zero-order valence-corrected chi connectivity index (χ0v) is 13.7. The van der Waals surface area contributed by atoms with E-state index in [4.69, 9.17) is 11.6 Å². The maximum Gasteiger partial charge on any atom is 0.270 e. The van der Waals surface area contributed by atoms with Crippen LogP contribution in [0.5, 0.6) is 0 Å². The van der Waals surface area contributed by atoms with Gasteiger partial charge in [0.25, 0.3) is 11.6 Å². The maximum atomic E-state index is 12.3. The molecule has 0 unspecified atom stereocenters. The van der Waals surface area contributed by atoms with E-state index in [1.807, 2.05) is 17.5 Å². The van der Waals surface area contributed by atoms with Gasteiger partial charge in [0, 0.05) is 35.0 Å². The minimum atomic E-state index is -0.573. The number of nitro groups is 1. The van der Waals surface area contributed by atoms with Crippen molar-refractivity contribution >= 4 is 40.2 Å². The summed E-state index contributed by atoms with van der Waals surface area (Å²) in [5, 5.41) is 16.4. The van der Waals surface area contributed by atoms with Crippen LogP contribution in [0.4, 0.5) is 11.4 Å². The summed E-state index contributed by atoms with van der Waals surface area (Å²) in [4.78, 5) is 26.8. The SMILES string of the molecule is O=C(Nc1ccc(-c2nccs2)cc1)c1cc([N+](=O)[O-])ccc1Cl. The lowest BCUT2D eigenvalue weighted by Gasteiger charge is -2.07. The Hall–Kier alpha value is -2.77. The zero-order valence-electron chi connectivity index (χ0n) is 12.1. The van der Waals surface area contributed by atoms with Gasteiger partial charge in [-0.05, 0) is 30.3 Å². The van der Waals surface area contributed by atoms with Crippen molar-refractivity contribution in [3.05, 3.63) is 74.7 Å². The normalized spacial score (nSPS) is 10.4. The molecule has 3 rings (SSSR count). The molecule has 0 saturated heterocycles. The summed E-state index contributed by atoms with van der Waals surface area (Å²) in [6.07, 6.45) is 1.72. The molecule has 1 heterocycles. The van der Waals surface area contributed by atoms with E-state index in [-0.39, 0.29) is 16.3 Å². The highest BCUT2D eigenvalue weighted by molar-refractivity contribution is 7.13. The van der Waals surface area contributed by atoms with Crippen LogP contribution in [-0.2, 0) is 0 Å². The Balaban J connectivity index is 1.80. The van der Waals surface area contributed by atoms with E-state index in [0.717, 1.165) is 16.6 Å². The molecular weight excluding hydrogens is 350 g/mol. The Morgan fingerprint density at radius 1 is 1.21 bits per heavy atom. The molecule has 0 fully saturated rings. The average Bonchev–Trinajstić information content (AvgIpc) is 3.10. The van der Waals surface area contributed by atoms with Gasteiger partial charge in [-0.25, -0.2) is 4.98 Å². The van der Waals surface area contributed by atoms with Crippen molar-refractivity contribution in [1.82, 2.24) is 4.98 Å². The molecule has 3 aromatic rings. The van der Waals surface area contributed by atoms with Gasteiger partial charge in [0.1, 0.15) is 5.01 Å².